The average Bonchev–Trinajstić information content (AvgIpc) is 2.60. The van der Waals surface area contributed by atoms with Gasteiger partial charge in [0.1, 0.15) is 0 Å². The molecular formula is C11H14N2O3S2. The first kappa shape index (κ1) is 13.3. The molecule has 7 heteroatoms. The molecule has 2 aromatic rings. The summed E-state index contributed by atoms with van der Waals surface area (Å²) in [5, 5.41) is 0. The molecule has 18 heavy (non-hydrogen) atoms. The van der Waals surface area contributed by atoms with Crippen LogP contribution in [0.3, 0.4) is 0 Å². The van der Waals surface area contributed by atoms with Crippen molar-refractivity contribution in [1.82, 2.24) is 9.55 Å². The van der Waals surface area contributed by atoms with E-state index in [1.165, 1.54) is 12.1 Å². The minimum atomic E-state index is -4.18. The van der Waals surface area contributed by atoms with E-state index >= 15 is 0 Å². The summed E-state index contributed by atoms with van der Waals surface area (Å²) in [5.74, 6) is 0. The van der Waals surface area contributed by atoms with Crippen molar-refractivity contribution in [2.24, 2.45) is 0 Å². The molecule has 2 rings (SSSR count). The Morgan fingerprint density at radius 2 is 2.17 bits per heavy atom. The van der Waals surface area contributed by atoms with Gasteiger partial charge in [-0.05, 0) is 36.8 Å². The van der Waals surface area contributed by atoms with E-state index in [4.69, 9.17) is 16.8 Å². The number of aromatic amines is 1. The highest BCUT2D eigenvalue weighted by atomic mass is 32.2. The first-order valence-electron chi connectivity index (χ1n) is 5.63. The number of aryl methyl sites for hydroxylation is 1. The molecule has 0 fully saturated rings. The predicted molar refractivity (Wildman–Crippen MR) is 71.8 cm³/mol. The van der Waals surface area contributed by atoms with Crippen LogP contribution >= 0.6 is 12.2 Å². The molecular weight excluding hydrogens is 272 g/mol. The summed E-state index contributed by atoms with van der Waals surface area (Å²) in [4.78, 5) is 2.82. The second kappa shape index (κ2) is 4.83. The van der Waals surface area contributed by atoms with Crippen LogP contribution in [0.15, 0.2) is 23.1 Å². The fraction of sp³-hybridized carbons (Fsp3) is 0.364. The third kappa shape index (κ3) is 2.47. The van der Waals surface area contributed by atoms with E-state index in [2.05, 4.69) is 11.9 Å². The van der Waals surface area contributed by atoms with E-state index in [-0.39, 0.29) is 4.90 Å². The van der Waals surface area contributed by atoms with Crippen molar-refractivity contribution in [2.75, 3.05) is 0 Å². The number of unbranched alkanes of at least 4 members (excludes halogenated alkanes) is 1. The van der Waals surface area contributed by atoms with E-state index in [0.717, 1.165) is 24.9 Å². The Hall–Kier alpha value is -1.18. The van der Waals surface area contributed by atoms with E-state index in [0.29, 0.717) is 10.3 Å². The smallest absolute Gasteiger partial charge is 0.294 e. The lowest BCUT2D eigenvalue weighted by Gasteiger charge is -2.03. The van der Waals surface area contributed by atoms with Crippen LogP contribution in [0, 0.1) is 4.77 Å². The lowest BCUT2D eigenvalue weighted by Crippen LogP contribution is -1.99. The van der Waals surface area contributed by atoms with Gasteiger partial charge in [-0.15, -0.1) is 0 Å². The monoisotopic (exact) mass is 286 g/mol. The Kier molecular flexibility index (Phi) is 3.56. The van der Waals surface area contributed by atoms with Crippen LogP contribution in [0.4, 0.5) is 0 Å². The number of benzene rings is 1. The summed E-state index contributed by atoms with van der Waals surface area (Å²) in [7, 11) is -4.18. The van der Waals surface area contributed by atoms with Gasteiger partial charge in [0.25, 0.3) is 10.1 Å². The zero-order valence-corrected chi connectivity index (χ0v) is 11.5. The van der Waals surface area contributed by atoms with Crippen molar-refractivity contribution in [1.29, 1.82) is 0 Å². The fourth-order valence-electron chi connectivity index (χ4n) is 1.84. The Labute approximate surface area is 110 Å². The van der Waals surface area contributed by atoms with Gasteiger partial charge >= 0.3 is 0 Å². The van der Waals surface area contributed by atoms with E-state index < -0.39 is 10.1 Å². The maximum absolute atomic E-state index is 11.0. The van der Waals surface area contributed by atoms with E-state index in [1.807, 2.05) is 4.57 Å². The Morgan fingerprint density at radius 3 is 2.78 bits per heavy atom. The van der Waals surface area contributed by atoms with Crippen molar-refractivity contribution >= 4 is 33.4 Å². The molecule has 0 unspecified atom stereocenters. The third-order valence-corrected chi connectivity index (χ3v) is 3.95. The van der Waals surface area contributed by atoms with Crippen LogP contribution in [-0.2, 0) is 16.7 Å². The maximum Gasteiger partial charge on any atom is 0.294 e. The SMILES string of the molecule is CCCCn1c(=S)[nH]c2cc(S(=O)(=O)O)ccc21. The highest BCUT2D eigenvalue weighted by molar-refractivity contribution is 7.85. The number of hydrogen-bond acceptors (Lipinski definition) is 3. The second-order valence-corrected chi connectivity index (χ2v) is 5.90. The standard InChI is InChI=1S/C11H14N2O3S2/c1-2-3-6-13-10-5-4-8(18(14,15)16)7-9(10)12-11(13)17/h4-5,7H,2-3,6H2,1H3,(H,12,17)(H,14,15,16). The van der Waals surface area contributed by atoms with Crippen molar-refractivity contribution in [3.63, 3.8) is 0 Å². The Balaban J connectivity index is 2.58. The van der Waals surface area contributed by atoms with Gasteiger partial charge in [0.2, 0.25) is 0 Å². The molecule has 0 saturated carbocycles. The van der Waals surface area contributed by atoms with Crippen LogP contribution in [0.1, 0.15) is 19.8 Å². The number of imidazole rings is 1. The molecule has 1 aromatic heterocycles. The lowest BCUT2D eigenvalue weighted by atomic mass is 10.3. The molecule has 1 heterocycles. The molecule has 0 atom stereocenters. The number of fused-ring (bicyclic) bond motifs is 1. The molecule has 0 aliphatic rings. The summed E-state index contributed by atoms with van der Waals surface area (Å²) in [6.45, 7) is 2.88. The third-order valence-electron chi connectivity index (χ3n) is 2.78. The summed E-state index contributed by atoms with van der Waals surface area (Å²) in [6.07, 6.45) is 2.05. The van der Waals surface area contributed by atoms with Crippen LogP contribution < -0.4 is 0 Å². The molecule has 5 nitrogen and oxygen atoms in total. The minimum Gasteiger partial charge on any atom is -0.331 e. The summed E-state index contributed by atoms with van der Waals surface area (Å²) in [5.41, 5.74) is 1.46. The zero-order valence-electron chi connectivity index (χ0n) is 9.88. The quantitative estimate of drug-likeness (QED) is 0.669. The Morgan fingerprint density at radius 1 is 1.44 bits per heavy atom. The molecule has 0 aliphatic heterocycles. The van der Waals surface area contributed by atoms with Crippen LogP contribution in [0.25, 0.3) is 11.0 Å². The van der Waals surface area contributed by atoms with Gasteiger partial charge in [0.15, 0.2) is 4.77 Å². The minimum absolute atomic E-state index is 0.131. The van der Waals surface area contributed by atoms with Crippen molar-refractivity contribution in [3.8, 4) is 0 Å². The van der Waals surface area contributed by atoms with Gasteiger partial charge in [-0.1, -0.05) is 13.3 Å². The number of nitrogens with zero attached hydrogens (tertiary/aromatic N) is 1. The zero-order chi connectivity index (χ0) is 13.3. The maximum atomic E-state index is 11.0. The van der Waals surface area contributed by atoms with Gasteiger partial charge in [-0.3, -0.25) is 4.55 Å². The number of nitrogens with one attached hydrogen (secondary N) is 1. The fourth-order valence-corrected chi connectivity index (χ4v) is 2.65. The molecule has 0 aliphatic carbocycles. The molecule has 0 bridgehead atoms. The lowest BCUT2D eigenvalue weighted by molar-refractivity contribution is 0.483. The molecule has 1 aromatic carbocycles. The van der Waals surface area contributed by atoms with Crippen molar-refractivity contribution in [3.05, 3.63) is 23.0 Å². The molecule has 98 valence electrons. The van der Waals surface area contributed by atoms with E-state index in [1.54, 1.807) is 6.07 Å². The number of aromatic nitrogens is 2. The molecule has 0 radical (unpaired) electrons. The first-order chi connectivity index (χ1) is 8.43. The van der Waals surface area contributed by atoms with Gasteiger partial charge in [-0.25, -0.2) is 0 Å². The van der Waals surface area contributed by atoms with Gasteiger partial charge < -0.3 is 9.55 Å². The van der Waals surface area contributed by atoms with Crippen LogP contribution in [0.2, 0.25) is 0 Å². The largest absolute Gasteiger partial charge is 0.331 e. The highest BCUT2D eigenvalue weighted by Gasteiger charge is 2.12. The average molecular weight is 286 g/mol. The van der Waals surface area contributed by atoms with Crippen molar-refractivity contribution in [2.45, 2.75) is 31.2 Å². The summed E-state index contributed by atoms with van der Waals surface area (Å²) < 4.78 is 33.6. The number of H-pyrrole nitrogens is 1. The first-order valence-corrected chi connectivity index (χ1v) is 7.48. The van der Waals surface area contributed by atoms with Crippen LogP contribution in [0.5, 0.6) is 0 Å². The summed E-state index contributed by atoms with van der Waals surface area (Å²) in [6, 6.07) is 4.42. The van der Waals surface area contributed by atoms with E-state index in [9.17, 15) is 8.42 Å². The van der Waals surface area contributed by atoms with Gasteiger partial charge in [-0.2, -0.15) is 8.42 Å². The van der Waals surface area contributed by atoms with Gasteiger partial charge in [0, 0.05) is 6.54 Å². The summed E-state index contributed by atoms with van der Waals surface area (Å²) >= 11 is 5.20. The van der Waals surface area contributed by atoms with Gasteiger partial charge in [0.05, 0.1) is 15.9 Å². The molecule has 0 spiro atoms. The Bertz CT molecular complexity index is 728. The predicted octanol–water partition coefficient (Wildman–Crippen LogP) is 2.75. The number of hydrogen-bond donors (Lipinski definition) is 2. The van der Waals surface area contributed by atoms with Crippen molar-refractivity contribution < 1.29 is 13.0 Å². The molecule has 0 amide bonds. The second-order valence-electron chi connectivity index (χ2n) is 4.09. The number of rotatable bonds is 4. The highest BCUT2D eigenvalue weighted by Crippen LogP contribution is 2.19. The normalized spacial score (nSPS) is 12.1. The molecule has 2 N–H and O–H groups in total. The topological polar surface area (TPSA) is 75.1 Å². The van der Waals surface area contributed by atoms with Crippen LogP contribution in [-0.4, -0.2) is 22.5 Å². The molecule has 0 saturated heterocycles.